The molecule has 0 spiro atoms. The number of hydrogen-bond donors (Lipinski definition) is 1. The molecule has 0 saturated carbocycles. The molecule has 2 heterocycles. The summed E-state index contributed by atoms with van der Waals surface area (Å²) in [6, 6.07) is 11.0. The minimum absolute atomic E-state index is 0.146. The van der Waals surface area contributed by atoms with Gasteiger partial charge in [-0.1, -0.05) is 18.2 Å². The van der Waals surface area contributed by atoms with Crippen molar-refractivity contribution in [1.29, 1.82) is 0 Å². The lowest BCUT2D eigenvalue weighted by Crippen LogP contribution is -2.19. The van der Waals surface area contributed by atoms with E-state index in [2.05, 4.69) is 15.3 Å². The fraction of sp³-hybridized carbons (Fsp3) is 0.200. The minimum Gasteiger partial charge on any atom is -0.465 e. The van der Waals surface area contributed by atoms with Gasteiger partial charge in [-0.3, -0.25) is 9.78 Å². The Bertz CT molecular complexity index is 999. The summed E-state index contributed by atoms with van der Waals surface area (Å²) in [4.78, 5) is 33.0. The number of nitrogens with one attached hydrogen (secondary N) is 1. The standard InChI is InChI=1S/C20H19N3O3/c1-12-14-7-4-5-9-17(14)22-13(2)16(12)11-18(24)23-19-15(20(25)26-3)8-6-10-21-19/h4-10H,11H2,1-3H3,(H,21,23,24). The number of ether oxygens (including phenoxy) is 1. The highest BCUT2D eigenvalue weighted by Crippen LogP contribution is 2.23. The van der Waals surface area contributed by atoms with Gasteiger partial charge >= 0.3 is 5.97 Å². The number of rotatable bonds is 4. The average Bonchev–Trinajstić information content (AvgIpc) is 2.65. The molecule has 0 aliphatic rings. The third kappa shape index (κ3) is 3.39. The van der Waals surface area contributed by atoms with Crippen molar-refractivity contribution in [2.75, 3.05) is 12.4 Å². The highest BCUT2D eigenvalue weighted by Gasteiger charge is 2.17. The number of benzene rings is 1. The van der Waals surface area contributed by atoms with Crippen molar-refractivity contribution in [1.82, 2.24) is 9.97 Å². The van der Waals surface area contributed by atoms with E-state index in [-0.39, 0.29) is 23.7 Å². The quantitative estimate of drug-likeness (QED) is 0.732. The van der Waals surface area contributed by atoms with Crippen LogP contribution in [-0.2, 0) is 16.0 Å². The number of methoxy groups -OCH3 is 1. The molecule has 0 aliphatic heterocycles. The molecule has 0 bridgehead atoms. The number of para-hydroxylation sites is 1. The second-order valence-corrected chi connectivity index (χ2v) is 5.93. The molecule has 1 aromatic carbocycles. The molecule has 3 rings (SSSR count). The Balaban J connectivity index is 1.88. The monoisotopic (exact) mass is 349 g/mol. The van der Waals surface area contributed by atoms with Crippen molar-refractivity contribution >= 4 is 28.6 Å². The summed E-state index contributed by atoms with van der Waals surface area (Å²) in [5.74, 6) is -0.626. The topological polar surface area (TPSA) is 81.2 Å². The smallest absolute Gasteiger partial charge is 0.341 e. The van der Waals surface area contributed by atoms with Crippen LogP contribution < -0.4 is 5.32 Å². The molecule has 6 heteroatoms. The number of fused-ring (bicyclic) bond motifs is 1. The Hall–Kier alpha value is -3.28. The average molecular weight is 349 g/mol. The first-order valence-electron chi connectivity index (χ1n) is 8.19. The van der Waals surface area contributed by atoms with Gasteiger partial charge in [-0.2, -0.15) is 0 Å². The zero-order valence-corrected chi connectivity index (χ0v) is 14.9. The Morgan fingerprint density at radius 2 is 1.88 bits per heavy atom. The lowest BCUT2D eigenvalue weighted by molar-refractivity contribution is -0.115. The Labute approximate surface area is 151 Å². The molecule has 0 aliphatic carbocycles. The summed E-state index contributed by atoms with van der Waals surface area (Å²) in [6.07, 6.45) is 1.66. The van der Waals surface area contributed by atoms with Crippen molar-refractivity contribution in [3.8, 4) is 0 Å². The third-order valence-corrected chi connectivity index (χ3v) is 4.29. The van der Waals surface area contributed by atoms with E-state index in [0.29, 0.717) is 0 Å². The number of esters is 1. The SMILES string of the molecule is COC(=O)c1cccnc1NC(=O)Cc1c(C)nc2ccccc2c1C. The van der Waals surface area contributed by atoms with Crippen molar-refractivity contribution < 1.29 is 14.3 Å². The normalized spacial score (nSPS) is 10.6. The molecule has 0 radical (unpaired) electrons. The van der Waals surface area contributed by atoms with Crippen LogP contribution in [0.2, 0.25) is 0 Å². The zero-order valence-electron chi connectivity index (χ0n) is 14.9. The van der Waals surface area contributed by atoms with Crippen LogP contribution in [0.1, 0.15) is 27.2 Å². The van der Waals surface area contributed by atoms with Crippen molar-refractivity contribution in [2.24, 2.45) is 0 Å². The highest BCUT2D eigenvalue weighted by molar-refractivity contribution is 6.00. The zero-order chi connectivity index (χ0) is 18.7. The van der Waals surface area contributed by atoms with Crippen LogP contribution in [0.15, 0.2) is 42.6 Å². The molecule has 1 amide bonds. The number of amides is 1. The summed E-state index contributed by atoms with van der Waals surface area (Å²) in [7, 11) is 1.29. The fourth-order valence-electron chi connectivity index (χ4n) is 2.95. The second-order valence-electron chi connectivity index (χ2n) is 5.93. The van der Waals surface area contributed by atoms with Gasteiger partial charge in [0.1, 0.15) is 11.4 Å². The van der Waals surface area contributed by atoms with Crippen LogP contribution in [0, 0.1) is 13.8 Å². The van der Waals surface area contributed by atoms with Gasteiger partial charge < -0.3 is 10.1 Å². The number of carbonyl (C=O) groups is 2. The van der Waals surface area contributed by atoms with Crippen LogP contribution in [0.25, 0.3) is 10.9 Å². The van der Waals surface area contributed by atoms with E-state index in [1.807, 2.05) is 38.1 Å². The predicted octanol–water partition coefficient (Wildman–Crippen LogP) is 3.21. The van der Waals surface area contributed by atoms with Crippen LogP contribution in [-0.4, -0.2) is 29.0 Å². The highest BCUT2D eigenvalue weighted by atomic mass is 16.5. The van der Waals surface area contributed by atoms with E-state index in [1.165, 1.54) is 13.3 Å². The maximum absolute atomic E-state index is 12.6. The summed E-state index contributed by atoms with van der Waals surface area (Å²) < 4.78 is 4.72. The summed E-state index contributed by atoms with van der Waals surface area (Å²) in [5.41, 5.74) is 3.83. The lowest BCUT2D eigenvalue weighted by Gasteiger charge is -2.13. The maximum atomic E-state index is 12.6. The molecule has 1 N–H and O–H groups in total. The second kappa shape index (κ2) is 7.31. The largest absolute Gasteiger partial charge is 0.465 e. The number of aryl methyl sites for hydroxylation is 2. The van der Waals surface area contributed by atoms with Gasteiger partial charge in [-0.15, -0.1) is 0 Å². The molecule has 0 unspecified atom stereocenters. The van der Waals surface area contributed by atoms with Gasteiger partial charge in [-0.25, -0.2) is 9.78 Å². The van der Waals surface area contributed by atoms with E-state index in [4.69, 9.17) is 4.74 Å². The number of nitrogens with zero attached hydrogens (tertiary/aromatic N) is 2. The first-order valence-corrected chi connectivity index (χ1v) is 8.19. The number of carbonyl (C=O) groups excluding carboxylic acids is 2. The minimum atomic E-state index is -0.548. The van der Waals surface area contributed by atoms with E-state index < -0.39 is 5.97 Å². The van der Waals surface area contributed by atoms with Crippen LogP contribution in [0.3, 0.4) is 0 Å². The summed E-state index contributed by atoms with van der Waals surface area (Å²) >= 11 is 0. The van der Waals surface area contributed by atoms with Gasteiger partial charge in [0.2, 0.25) is 5.91 Å². The van der Waals surface area contributed by atoms with Crippen LogP contribution in [0.5, 0.6) is 0 Å². The van der Waals surface area contributed by atoms with Crippen LogP contribution >= 0.6 is 0 Å². The number of hydrogen-bond acceptors (Lipinski definition) is 5. The van der Waals surface area contributed by atoms with Gasteiger partial charge in [0.05, 0.1) is 19.0 Å². The van der Waals surface area contributed by atoms with Crippen molar-refractivity contribution in [3.63, 3.8) is 0 Å². The van der Waals surface area contributed by atoms with E-state index >= 15 is 0 Å². The maximum Gasteiger partial charge on any atom is 0.341 e. The number of aromatic nitrogens is 2. The van der Waals surface area contributed by atoms with Gasteiger partial charge in [0.15, 0.2) is 0 Å². The molecule has 0 saturated heterocycles. The van der Waals surface area contributed by atoms with Gasteiger partial charge in [0, 0.05) is 17.3 Å². The molecule has 3 aromatic rings. The van der Waals surface area contributed by atoms with E-state index in [9.17, 15) is 9.59 Å². The van der Waals surface area contributed by atoms with Crippen LogP contribution in [0.4, 0.5) is 5.82 Å². The van der Waals surface area contributed by atoms with Gasteiger partial charge in [0.25, 0.3) is 0 Å². The van der Waals surface area contributed by atoms with E-state index in [0.717, 1.165) is 27.7 Å². The Morgan fingerprint density at radius 1 is 1.12 bits per heavy atom. The molecule has 2 aromatic heterocycles. The molecule has 26 heavy (non-hydrogen) atoms. The Morgan fingerprint density at radius 3 is 2.65 bits per heavy atom. The molecular weight excluding hydrogens is 330 g/mol. The Kier molecular flexibility index (Phi) is 4.93. The molecule has 132 valence electrons. The lowest BCUT2D eigenvalue weighted by atomic mass is 9.99. The molecule has 0 fully saturated rings. The molecule has 6 nitrogen and oxygen atoms in total. The van der Waals surface area contributed by atoms with Crippen molar-refractivity contribution in [3.05, 3.63) is 65.0 Å². The first-order chi connectivity index (χ1) is 12.5. The number of anilines is 1. The summed E-state index contributed by atoms with van der Waals surface area (Å²) in [5, 5.41) is 3.72. The predicted molar refractivity (Wildman–Crippen MR) is 99.1 cm³/mol. The fourth-order valence-corrected chi connectivity index (χ4v) is 2.95. The molecular formula is C20H19N3O3. The number of pyridine rings is 2. The van der Waals surface area contributed by atoms with Crippen molar-refractivity contribution in [2.45, 2.75) is 20.3 Å². The molecule has 0 atom stereocenters. The van der Waals surface area contributed by atoms with Gasteiger partial charge in [-0.05, 0) is 43.2 Å². The van der Waals surface area contributed by atoms with E-state index in [1.54, 1.807) is 12.1 Å². The summed E-state index contributed by atoms with van der Waals surface area (Å²) in [6.45, 7) is 3.88. The third-order valence-electron chi connectivity index (χ3n) is 4.29. The first kappa shape index (κ1) is 17.5.